The molecule has 7 rings (SSSR count). The predicted octanol–water partition coefficient (Wildman–Crippen LogP) is 6.73. The van der Waals surface area contributed by atoms with Crippen LogP contribution in [0, 0.1) is 18.3 Å². The lowest BCUT2D eigenvalue weighted by atomic mass is 10.0. The molecule has 2 saturated heterocycles. The van der Waals surface area contributed by atoms with Crippen LogP contribution >= 0.6 is 23.6 Å². The fourth-order valence-electron chi connectivity index (χ4n) is 8.09. The van der Waals surface area contributed by atoms with E-state index in [1.165, 1.54) is 11.0 Å². The van der Waals surface area contributed by atoms with Crippen molar-refractivity contribution < 1.29 is 51.7 Å². The highest BCUT2D eigenvalue weighted by Crippen LogP contribution is 2.40. The first-order valence-electron chi connectivity index (χ1n) is 22.3. The number of ether oxygens (including phenoxy) is 3. The molecule has 5 aromatic rings. The van der Waals surface area contributed by atoms with Crippen molar-refractivity contribution in [2.75, 3.05) is 49.3 Å². The molecular formula is C50H50F3N7O8S2. The van der Waals surface area contributed by atoms with Gasteiger partial charge >= 0.3 is 6.18 Å². The Morgan fingerprint density at radius 1 is 0.929 bits per heavy atom. The molecule has 0 saturated carbocycles. The van der Waals surface area contributed by atoms with Crippen molar-refractivity contribution in [3.05, 3.63) is 124 Å². The molecule has 2 fully saturated rings. The lowest BCUT2D eigenvalue weighted by molar-refractivity contribution is -0.138. The number of aliphatic hydroxyl groups is 1. The van der Waals surface area contributed by atoms with Gasteiger partial charge in [-0.3, -0.25) is 24.1 Å². The molecule has 366 valence electrons. The van der Waals surface area contributed by atoms with Crippen LogP contribution in [0.2, 0.25) is 0 Å². The van der Waals surface area contributed by atoms with Gasteiger partial charge in [0.15, 0.2) is 5.11 Å². The number of nitrogens with zero attached hydrogens (tertiary/aromatic N) is 5. The Labute approximate surface area is 411 Å². The van der Waals surface area contributed by atoms with Gasteiger partial charge in [0.1, 0.15) is 29.7 Å². The molecule has 1 aromatic heterocycles. The van der Waals surface area contributed by atoms with E-state index in [-0.39, 0.29) is 62.4 Å². The van der Waals surface area contributed by atoms with E-state index in [9.17, 15) is 42.7 Å². The average Bonchev–Trinajstić information content (AvgIpc) is 4.00. The molecular weight excluding hydrogens is 948 g/mol. The summed E-state index contributed by atoms with van der Waals surface area (Å²) in [4.78, 5) is 62.0. The largest absolute Gasteiger partial charge is 0.493 e. The number of hydrogen-bond donors (Lipinski definition) is 3. The third-order valence-corrected chi connectivity index (χ3v) is 13.0. The Balaban J connectivity index is 0.785. The molecule has 3 heterocycles. The second kappa shape index (κ2) is 22.2. The number of thiocarbonyl (C=S) groups is 1. The summed E-state index contributed by atoms with van der Waals surface area (Å²) in [7, 11) is 0. The van der Waals surface area contributed by atoms with Crippen LogP contribution in [0.25, 0.3) is 10.4 Å². The molecule has 0 aliphatic carbocycles. The summed E-state index contributed by atoms with van der Waals surface area (Å²) >= 11 is 7.17. The smallest absolute Gasteiger partial charge is 0.417 e. The molecule has 4 aromatic carbocycles. The lowest BCUT2D eigenvalue weighted by Crippen LogP contribution is -2.49. The zero-order valence-corrected chi connectivity index (χ0v) is 40.1. The number of halogens is 3. The van der Waals surface area contributed by atoms with E-state index in [0.717, 1.165) is 38.7 Å². The number of carbonyl (C=O) groups is 4. The summed E-state index contributed by atoms with van der Waals surface area (Å²) in [6, 6.07) is 25.3. The number of likely N-dealkylation sites (tertiary alicyclic amines) is 1. The molecule has 3 N–H and O–H groups in total. The maximum atomic E-state index is 13.7. The van der Waals surface area contributed by atoms with Crippen molar-refractivity contribution in [1.29, 1.82) is 5.26 Å². The number of β-amino-alcohol motifs (C(OH)–C–C–N with tert-alkyl or cyclic N) is 1. The Bertz CT molecular complexity index is 2760. The minimum absolute atomic E-state index is 0.0128. The predicted molar refractivity (Wildman–Crippen MR) is 259 cm³/mol. The van der Waals surface area contributed by atoms with Crippen molar-refractivity contribution >= 4 is 63.7 Å². The van der Waals surface area contributed by atoms with E-state index in [2.05, 4.69) is 15.6 Å². The molecule has 2 atom stereocenters. The summed E-state index contributed by atoms with van der Waals surface area (Å²) in [6.07, 6.45) is -5.03. The molecule has 1 unspecified atom stereocenters. The molecule has 2 aliphatic rings. The highest BCUT2D eigenvalue weighted by molar-refractivity contribution is 7.81. The molecule has 20 heteroatoms. The van der Waals surface area contributed by atoms with Gasteiger partial charge < -0.3 is 39.8 Å². The number of thiazole rings is 1. The highest BCUT2D eigenvalue weighted by Gasteiger charge is 2.51. The van der Waals surface area contributed by atoms with Gasteiger partial charge in [-0.25, -0.2) is 4.98 Å². The molecule has 2 aliphatic heterocycles. The van der Waals surface area contributed by atoms with Gasteiger partial charge in [0.2, 0.25) is 17.7 Å². The zero-order valence-electron chi connectivity index (χ0n) is 38.5. The van der Waals surface area contributed by atoms with Crippen molar-refractivity contribution in [2.45, 2.75) is 70.4 Å². The van der Waals surface area contributed by atoms with Crippen molar-refractivity contribution in [3.63, 3.8) is 0 Å². The van der Waals surface area contributed by atoms with Crippen molar-refractivity contribution in [3.8, 4) is 28.0 Å². The van der Waals surface area contributed by atoms with Crippen molar-refractivity contribution in [1.82, 2.24) is 20.5 Å². The van der Waals surface area contributed by atoms with E-state index >= 15 is 0 Å². The third-order valence-electron chi connectivity index (χ3n) is 11.7. The van der Waals surface area contributed by atoms with Crippen LogP contribution in [0.5, 0.6) is 11.5 Å². The number of aryl methyl sites for hydroxylation is 1. The van der Waals surface area contributed by atoms with Gasteiger partial charge in [-0.2, -0.15) is 18.4 Å². The van der Waals surface area contributed by atoms with E-state index in [1.807, 2.05) is 31.2 Å². The molecule has 70 heavy (non-hydrogen) atoms. The third kappa shape index (κ3) is 12.1. The number of carbonyl (C=O) groups excluding carboxylic acids is 4. The topological polar surface area (TPSA) is 187 Å². The Hall–Kier alpha value is -6.92. The number of nitriles is 1. The molecule has 0 spiro atoms. The molecule has 15 nitrogen and oxygen atoms in total. The number of benzene rings is 4. The second-order valence-corrected chi connectivity index (χ2v) is 18.3. The molecule has 0 bridgehead atoms. The maximum Gasteiger partial charge on any atom is 0.417 e. The summed E-state index contributed by atoms with van der Waals surface area (Å²) < 4.78 is 58.5. The number of anilines is 2. The first-order chi connectivity index (χ1) is 33.4. The maximum absolute atomic E-state index is 13.7. The van der Waals surface area contributed by atoms with Crippen LogP contribution in [-0.2, 0) is 43.1 Å². The number of amides is 4. The van der Waals surface area contributed by atoms with E-state index in [0.29, 0.717) is 42.4 Å². The Morgan fingerprint density at radius 2 is 1.66 bits per heavy atom. The number of hydrogen-bond acceptors (Lipinski definition) is 12. The van der Waals surface area contributed by atoms with E-state index < -0.39 is 52.7 Å². The van der Waals surface area contributed by atoms with Gasteiger partial charge in [-0.1, -0.05) is 36.4 Å². The van der Waals surface area contributed by atoms with Gasteiger partial charge in [0.05, 0.1) is 71.2 Å². The van der Waals surface area contributed by atoms with Gasteiger partial charge in [-0.05, 0) is 104 Å². The van der Waals surface area contributed by atoms with Crippen LogP contribution in [0.4, 0.5) is 24.5 Å². The number of aromatic nitrogens is 1. The Kier molecular flexibility index (Phi) is 16.2. The van der Waals surface area contributed by atoms with Crippen molar-refractivity contribution in [2.24, 2.45) is 0 Å². The number of aliphatic hydroxyl groups excluding tert-OH is 1. The van der Waals surface area contributed by atoms with Crippen LogP contribution < -0.4 is 29.9 Å². The standard InChI is InChI=1S/C50H50F3N7O8S2/c1-31-45(70-30-57-31)34-10-8-32(9-11-34)27-56-46(64)42-25-38(61)29-58(42)44(63)28-55-43(62)23-33-6-4-7-40(22-33)67-19-5-18-66-20-21-68-39-16-14-36(15-17-39)60-48(69)59(47(65)49(60,2)3)37-13-12-35(26-54)41(24-37)50(51,52)53/h4,6-17,22,24,30,38,42,61H,5,18-21,23,25,27-29H2,1-3H3,(H,55,62)(H,56,64)/t38-,42?/m0/s1. The number of nitrogens with one attached hydrogen (secondary N) is 2. The Morgan fingerprint density at radius 3 is 2.36 bits per heavy atom. The van der Waals surface area contributed by atoms with Gasteiger partial charge in [0.25, 0.3) is 5.91 Å². The molecule has 4 amide bonds. The molecule has 0 radical (unpaired) electrons. The van der Waals surface area contributed by atoms with Crippen LogP contribution in [0.15, 0.2) is 96.5 Å². The fraction of sp³-hybridized carbons (Fsp3) is 0.340. The zero-order chi connectivity index (χ0) is 50.2. The first kappa shape index (κ1) is 50.9. The summed E-state index contributed by atoms with van der Waals surface area (Å²) in [6.45, 7) is 6.32. The monoisotopic (exact) mass is 997 g/mol. The minimum atomic E-state index is -4.81. The quantitative estimate of drug-likeness (QED) is 0.0587. The minimum Gasteiger partial charge on any atom is -0.493 e. The second-order valence-electron chi connectivity index (χ2n) is 17.0. The van der Waals surface area contributed by atoms with Crippen LogP contribution in [0.1, 0.15) is 54.6 Å². The normalized spacial score (nSPS) is 16.6. The summed E-state index contributed by atoms with van der Waals surface area (Å²) in [5.74, 6) is -0.719. The van der Waals surface area contributed by atoms with Crippen LogP contribution in [-0.4, -0.2) is 101 Å². The fourth-order valence-corrected chi connectivity index (χ4v) is 9.42. The number of rotatable bonds is 19. The SMILES string of the molecule is Cc1ncsc1-c1ccc(CNC(=O)C2C[C@H](O)CN2C(=O)CNC(=O)Cc2cccc(OCCCOCCOc3ccc(N4C(=S)N(c5ccc(C#N)c(C(F)(F)F)c5)C(=O)C4(C)C)cc3)c2)cc1. The first-order valence-corrected chi connectivity index (χ1v) is 23.6. The van der Waals surface area contributed by atoms with Gasteiger partial charge in [0, 0.05) is 38.2 Å². The summed E-state index contributed by atoms with van der Waals surface area (Å²) in [5, 5.41) is 25.0. The van der Waals surface area contributed by atoms with E-state index in [4.69, 9.17) is 26.4 Å². The highest BCUT2D eigenvalue weighted by atomic mass is 32.1. The van der Waals surface area contributed by atoms with Gasteiger partial charge in [-0.15, -0.1) is 11.3 Å². The van der Waals surface area contributed by atoms with E-state index in [1.54, 1.807) is 90.2 Å². The summed E-state index contributed by atoms with van der Waals surface area (Å²) in [5.41, 5.74) is 2.80. The lowest BCUT2D eigenvalue weighted by Gasteiger charge is -2.29. The van der Waals surface area contributed by atoms with Crippen LogP contribution in [0.3, 0.4) is 0 Å². The number of alkyl halides is 3. The average molecular weight is 998 g/mol.